The van der Waals surface area contributed by atoms with Gasteiger partial charge in [-0.15, -0.1) is 5.06 Å². The molecule has 0 amide bonds. The maximum Gasteiger partial charge on any atom is 0.166 e. The molecule has 0 aliphatic carbocycles. The Morgan fingerprint density at radius 2 is 1.55 bits per heavy atom. The third kappa shape index (κ3) is 9.55. The zero-order chi connectivity index (χ0) is 17.2. The van der Waals surface area contributed by atoms with E-state index in [0.29, 0.717) is 19.7 Å². The van der Waals surface area contributed by atoms with Gasteiger partial charge in [-0.2, -0.15) is 25.7 Å². The molecule has 0 aromatic heterocycles. The Morgan fingerprint density at radius 3 is 1.95 bits per heavy atom. The van der Waals surface area contributed by atoms with Crippen molar-refractivity contribution in [2.45, 2.75) is 6.92 Å². The molecule has 0 aliphatic heterocycles. The number of hydroxylamine groups is 14. The lowest BCUT2D eigenvalue weighted by atomic mass is 10.6. The van der Waals surface area contributed by atoms with Crippen LogP contribution >= 0.6 is 0 Å². The molecule has 0 bridgehead atoms. The fourth-order valence-corrected chi connectivity index (χ4v) is 1.80. The van der Waals surface area contributed by atoms with Gasteiger partial charge in [0.25, 0.3) is 0 Å². The van der Waals surface area contributed by atoms with E-state index >= 15 is 0 Å². The average Bonchev–Trinajstić information content (AvgIpc) is 2.34. The number of nitrogens with zero attached hydrogens (tertiary/aromatic N) is 4. The van der Waals surface area contributed by atoms with Crippen molar-refractivity contribution in [1.82, 2.24) is 21.2 Å². The molecule has 0 aromatic rings. The second kappa shape index (κ2) is 10.4. The van der Waals surface area contributed by atoms with Gasteiger partial charge < -0.3 is 0 Å². The van der Waals surface area contributed by atoms with Crippen LogP contribution in [0.4, 0.5) is 0 Å². The van der Waals surface area contributed by atoms with Gasteiger partial charge in [-0.3, -0.25) is 0 Å². The van der Waals surface area contributed by atoms with Gasteiger partial charge in [0.15, 0.2) is 6.54 Å². The average molecular weight is 328 g/mol. The molecule has 0 rings (SSSR count). The topological polar surface area (TPSA) is 76.7 Å². The van der Waals surface area contributed by atoms with E-state index in [2.05, 4.69) is 11.0 Å². The van der Waals surface area contributed by atoms with Crippen LogP contribution in [0.15, 0.2) is 0 Å². The van der Waals surface area contributed by atoms with Gasteiger partial charge in [-0.25, -0.2) is 0 Å². The summed E-state index contributed by atoms with van der Waals surface area (Å²) in [6.07, 6.45) is 0. The van der Waals surface area contributed by atoms with Crippen LogP contribution in [0.25, 0.3) is 0 Å². The third-order valence-electron chi connectivity index (χ3n) is 2.21. The maximum atomic E-state index is 5.89. The lowest BCUT2D eigenvalue weighted by Gasteiger charge is -2.33. The fraction of sp³-hybridized carbons (Fsp3) is 1.00. The van der Waals surface area contributed by atoms with E-state index in [1.807, 2.05) is 6.92 Å². The van der Waals surface area contributed by atoms with Crippen molar-refractivity contribution in [3.05, 3.63) is 0 Å². The molecule has 2 N–H and O–H groups in total. The highest BCUT2D eigenvalue weighted by Crippen LogP contribution is 2.14. The summed E-state index contributed by atoms with van der Waals surface area (Å²) >= 11 is 0. The standard InChI is InChI=1S/C11H32N6O5/c1-9-18-17(8,22-16(6,7)21-14(4)5)11-10-15(19-12-2)20-13-3/h12-13H,9-11H2,1-8H3/q+2. The molecule has 11 nitrogen and oxygen atoms in total. The zero-order valence-electron chi connectivity index (χ0n) is 15.0. The zero-order valence-corrected chi connectivity index (χ0v) is 15.0. The molecule has 22 heavy (non-hydrogen) atoms. The largest absolute Gasteiger partial charge is 0.184 e. The van der Waals surface area contributed by atoms with Gasteiger partial charge in [-0.1, -0.05) is 4.94 Å². The Hall–Kier alpha value is -0.440. The number of rotatable bonds is 13. The SMILES string of the molecule is CCO[N+](C)(CCN(ONC)ONC)O[N+](C)(C)ON(C)C. The molecule has 11 heteroatoms. The summed E-state index contributed by atoms with van der Waals surface area (Å²) in [4.78, 5) is 26.9. The van der Waals surface area contributed by atoms with E-state index in [1.54, 1.807) is 54.4 Å². The highest BCUT2D eigenvalue weighted by molar-refractivity contribution is 4.27. The maximum absolute atomic E-state index is 5.89. The molecule has 0 fully saturated rings. The molecule has 134 valence electrons. The highest BCUT2D eigenvalue weighted by Gasteiger charge is 2.40. The van der Waals surface area contributed by atoms with Gasteiger partial charge >= 0.3 is 0 Å². The van der Waals surface area contributed by atoms with E-state index < -0.39 is 0 Å². The molecule has 0 saturated carbocycles. The third-order valence-corrected chi connectivity index (χ3v) is 2.21. The summed E-state index contributed by atoms with van der Waals surface area (Å²) in [6, 6.07) is 0. The predicted octanol–water partition coefficient (Wildman–Crippen LogP) is -0.850. The summed E-state index contributed by atoms with van der Waals surface area (Å²) in [5.74, 6) is 0. The van der Waals surface area contributed by atoms with E-state index in [1.165, 1.54) is 5.23 Å². The first-order valence-corrected chi connectivity index (χ1v) is 7.05. The monoisotopic (exact) mass is 328 g/mol. The molecule has 0 heterocycles. The van der Waals surface area contributed by atoms with Crippen molar-refractivity contribution in [2.75, 3.05) is 69.0 Å². The molecule has 0 saturated heterocycles. The summed E-state index contributed by atoms with van der Waals surface area (Å²) in [7, 11) is 12.1. The summed E-state index contributed by atoms with van der Waals surface area (Å²) in [5.41, 5.74) is 5.06. The van der Waals surface area contributed by atoms with Crippen LogP contribution in [-0.2, 0) is 24.6 Å². The van der Waals surface area contributed by atoms with Gasteiger partial charge in [0.1, 0.15) is 34.3 Å². The number of nitrogens with one attached hydrogen (secondary N) is 2. The van der Waals surface area contributed by atoms with Crippen molar-refractivity contribution in [2.24, 2.45) is 0 Å². The quantitative estimate of drug-likeness (QED) is 0.332. The Kier molecular flexibility index (Phi) is 10.1. The Balaban J connectivity index is 4.71. The van der Waals surface area contributed by atoms with E-state index in [4.69, 9.17) is 24.6 Å². The molecule has 1 atom stereocenters. The van der Waals surface area contributed by atoms with Crippen molar-refractivity contribution in [3.8, 4) is 0 Å². The normalized spacial score (nSPS) is 15.5. The Labute approximate surface area is 132 Å². The number of hydrogen-bond acceptors (Lipinski definition) is 9. The van der Waals surface area contributed by atoms with Gasteiger partial charge in [-0.05, 0) is 12.2 Å². The van der Waals surface area contributed by atoms with E-state index in [9.17, 15) is 0 Å². The summed E-state index contributed by atoms with van der Waals surface area (Å²) in [6.45, 7) is 3.13. The van der Waals surface area contributed by atoms with Crippen molar-refractivity contribution in [1.29, 1.82) is 0 Å². The first-order chi connectivity index (χ1) is 10.2. The smallest absolute Gasteiger partial charge is 0.166 e. The lowest BCUT2D eigenvalue weighted by molar-refractivity contribution is -1.46. The van der Waals surface area contributed by atoms with Crippen LogP contribution in [0.5, 0.6) is 0 Å². The first kappa shape index (κ1) is 21.6. The van der Waals surface area contributed by atoms with Crippen molar-refractivity contribution < 1.29 is 34.2 Å². The number of hydrogen-bond donors (Lipinski definition) is 2. The molecule has 0 aliphatic rings. The lowest BCUT2D eigenvalue weighted by Crippen LogP contribution is -2.58. The number of likely N-dealkylation sites (N-methyl/N-ethyl adjacent to an activating group) is 1. The number of quaternary nitrogens is 2. The second-order valence-corrected chi connectivity index (χ2v) is 5.03. The van der Waals surface area contributed by atoms with Crippen LogP contribution in [0.3, 0.4) is 0 Å². The van der Waals surface area contributed by atoms with E-state index in [-0.39, 0.29) is 9.62 Å². The van der Waals surface area contributed by atoms with E-state index in [0.717, 1.165) is 0 Å². The van der Waals surface area contributed by atoms with Crippen LogP contribution in [0.2, 0.25) is 0 Å². The molecular weight excluding hydrogens is 296 g/mol. The van der Waals surface area contributed by atoms with Crippen LogP contribution in [-0.4, -0.2) is 88.9 Å². The molecule has 1 unspecified atom stereocenters. The van der Waals surface area contributed by atoms with Crippen LogP contribution in [0.1, 0.15) is 6.92 Å². The predicted molar refractivity (Wildman–Crippen MR) is 77.6 cm³/mol. The Bertz CT molecular complexity index is 290. The van der Waals surface area contributed by atoms with Gasteiger partial charge in [0, 0.05) is 37.8 Å². The Morgan fingerprint density at radius 1 is 1.00 bits per heavy atom. The van der Waals surface area contributed by atoms with Gasteiger partial charge in [0.2, 0.25) is 0 Å². The first-order valence-electron chi connectivity index (χ1n) is 7.05. The second-order valence-electron chi connectivity index (χ2n) is 5.03. The summed E-state index contributed by atoms with van der Waals surface area (Å²) in [5, 5.41) is 2.78. The van der Waals surface area contributed by atoms with Crippen molar-refractivity contribution >= 4 is 0 Å². The van der Waals surface area contributed by atoms with Crippen molar-refractivity contribution in [3.63, 3.8) is 0 Å². The van der Waals surface area contributed by atoms with Crippen LogP contribution < -0.4 is 11.0 Å². The minimum atomic E-state index is -0.177. The van der Waals surface area contributed by atoms with Crippen LogP contribution in [0, 0.1) is 0 Å². The minimum Gasteiger partial charge on any atom is -0.184 e. The van der Waals surface area contributed by atoms with Gasteiger partial charge in [0.05, 0.1) is 4.94 Å². The highest BCUT2D eigenvalue weighted by atomic mass is 17.2. The fourth-order valence-electron chi connectivity index (χ4n) is 1.80. The molecule has 0 aromatic carbocycles. The summed E-state index contributed by atoms with van der Waals surface area (Å²) < 4.78 is 0. The molecular formula is C11H32N6O5+2. The molecule has 0 radical (unpaired) electrons. The molecule has 0 spiro atoms. The minimum absolute atomic E-state index is 0.159.